The summed E-state index contributed by atoms with van der Waals surface area (Å²) in [6, 6.07) is 7.39. The number of ether oxygens (including phenoxy) is 3. The first-order valence-electron chi connectivity index (χ1n) is 10.3. The second-order valence-corrected chi connectivity index (χ2v) is 8.09. The fraction of sp³-hybridized carbons (Fsp3) is 0.391. The topological polar surface area (TPSA) is 85.3 Å². The number of esters is 1. The minimum Gasteiger partial charge on any atom is -0.482 e. The SMILES string of the molecule is CCOC(=O)COc1ccc(Cl)c([C@H](C)[C@](O)(c2ccc3c(c2)N(C)C(=O)CO3)C(F)(F)F)c1. The third-order valence-corrected chi connectivity index (χ3v) is 5.98. The van der Waals surface area contributed by atoms with E-state index in [0.717, 1.165) is 12.1 Å². The van der Waals surface area contributed by atoms with Gasteiger partial charge in [0.15, 0.2) is 18.8 Å². The van der Waals surface area contributed by atoms with E-state index in [4.69, 9.17) is 25.8 Å². The van der Waals surface area contributed by atoms with E-state index in [1.165, 1.54) is 43.1 Å². The van der Waals surface area contributed by atoms with Gasteiger partial charge in [-0.2, -0.15) is 13.2 Å². The van der Waals surface area contributed by atoms with Crippen LogP contribution in [0.25, 0.3) is 0 Å². The smallest absolute Gasteiger partial charge is 0.422 e. The Hall–Kier alpha value is -2.98. The lowest BCUT2D eigenvalue weighted by Crippen LogP contribution is -2.47. The van der Waals surface area contributed by atoms with E-state index in [0.29, 0.717) is 0 Å². The summed E-state index contributed by atoms with van der Waals surface area (Å²) < 4.78 is 58.6. The Morgan fingerprint density at radius 3 is 2.62 bits per heavy atom. The van der Waals surface area contributed by atoms with E-state index < -0.39 is 41.7 Å². The van der Waals surface area contributed by atoms with Crippen LogP contribution < -0.4 is 14.4 Å². The summed E-state index contributed by atoms with van der Waals surface area (Å²) in [5, 5.41) is 11.1. The summed E-state index contributed by atoms with van der Waals surface area (Å²) in [5.41, 5.74) is -3.83. The van der Waals surface area contributed by atoms with E-state index in [9.17, 15) is 27.9 Å². The van der Waals surface area contributed by atoms with Gasteiger partial charge in [-0.3, -0.25) is 4.79 Å². The summed E-state index contributed by atoms with van der Waals surface area (Å²) in [4.78, 5) is 24.7. The highest BCUT2D eigenvalue weighted by Gasteiger charge is 2.59. The molecule has 0 spiro atoms. The van der Waals surface area contributed by atoms with Gasteiger partial charge in [0.25, 0.3) is 5.91 Å². The molecule has 0 radical (unpaired) electrons. The molecule has 0 saturated heterocycles. The summed E-state index contributed by atoms with van der Waals surface area (Å²) in [7, 11) is 1.41. The van der Waals surface area contributed by atoms with Gasteiger partial charge in [0.05, 0.1) is 12.3 Å². The highest BCUT2D eigenvalue weighted by Crippen LogP contribution is 2.51. The van der Waals surface area contributed by atoms with Crippen molar-refractivity contribution in [2.24, 2.45) is 0 Å². The van der Waals surface area contributed by atoms with Gasteiger partial charge in [0, 0.05) is 18.0 Å². The van der Waals surface area contributed by atoms with Gasteiger partial charge in [-0.1, -0.05) is 24.6 Å². The largest absolute Gasteiger partial charge is 0.482 e. The van der Waals surface area contributed by atoms with Gasteiger partial charge < -0.3 is 24.2 Å². The number of carbonyl (C=O) groups excluding carboxylic acids is 2. The quantitative estimate of drug-likeness (QED) is 0.573. The molecule has 7 nitrogen and oxygen atoms in total. The van der Waals surface area contributed by atoms with Gasteiger partial charge in [-0.05, 0) is 48.4 Å². The molecule has 1 heterocycles. The lowest BCUT2D eigenvalue weighted by atomic mass is 9.77. The number of hydrogen-bond donors (Lipinski definition) is 1. The van der Waals surface area contributed by atoms with Crippen molar-refractivity contribution in [1.29, 1.82) is 0 Å². The molecule has 2 aromatic carbocycles. The van der Waals surface area contributed by atoms with Crippen molar-refractivity contribution in [3.63, 3.8) is 0 Å². The molecule has 184 valence electrons. The molecule has 0 bridgehead atoms. The highest BCUT2D eigenvalue weighted by molar-refractivity contribution is 6.31. The average Bonchev–Trinajstić information content (AvgIpc) is 2.79. The number of rotatable bonds is 7. The second kappa shape index (κ2) is 9.71. The number of likely N-dealkylation sites (N-methyl/N-ethyl adjacent to an activating group) is 1. The van der Waals surface area contributed by atoms with Gasteiger partial charge in [-0.15, -0.1) is 0 Å². The first-order valence-corrected chi connectivity index (χ1v) is 10.7. The zero-order valence-electron chi connectivity index (χ0n) is 18.6. The first-order chi connectivity index (χ1) is 15.9. The van der Waals surface area contributed by atoms with Crippen molar-refractivity contribution < 1.29 is 42.1 Å². The first kappa shape index (κ1) is 25.6. The second-order valence-electron chi connectivity index (χ2n) is 7.69. The Morgan fingerprint density at radius 1 is 1.26 bits per heavy atom. The van der Waals surface area contributed by atoms with Crippen molar-refractivity contribution in [3.05, 3.63) is 52.5 Å². The van der Waals surface area contributed by atoms with Crippen molar-refractivity contribution in [2.75, 3.05) is 31.8 Å². The zero-order chi connectivity index (χ0) is 25.3. The molecular weight excluding hydrogens is 479 g/mol. The molecular formula is C23H23ClF3NO6. The van der Waals surface area contributed by atoms with Crippen LogP contribution in [0.15, 0.2) is 36.4 Å². The van der Waals surface area contributed by atoms with Crippen LogP contribution in [-0.4, -0.2) is 50.0 Å². The Morgan fingerprint density at radius 2 is 1.97 bits per heavy atom. The van der Waals surface area contributed by atoms with Crippen LogP contribution >= 0.6 is 11.6 Å². The maximum absolute atomic E-state index is 14.4. The molecule has 1 N–H and O–H groups in total. The number of carbonyl (C=O) groups is 2. The molecule has 0 saturated carbocycles. The maximum Gasteiger partial charge on any atom is 0.422 e. The number of aliphatic hydroxyl groups is 1. The number of amides is 1. The molecule has 3 rings (SSSR count). The summed E-state index contributed by atoms with van der Waals surface area (Å²) >= 11 is 6.21. The van der Waals surface area contributed by atoms with Crippen LogP contribution in [0, 0.1) is 0 Å². The van der Waals surface area contributed by atoms with Crippen LogP contribution in [0.1, 0.15) is 30.9 Å². The number of anilines is 1. The summed E-state index contributed by atoms with van der Waals surface area (Å²) in [6.45, 7) is 2.26. The van der Waals surface area contributed by atoms with Crippen LogP contribution in [-0.2, 0) is 19.9 Å². The Kier molecular flexibility index (Phi) is 7.32. The molecule has 0 aromatic heterocycles. The third-order valence-electron chi connectivity index (χ3n) is 5.64. The fourth-order valence-electron chi connectivity index (χ4n) is 3.68. The molecule has 11 heteroatoms. The van der Waals surface area contributed by atoms with Crippen molar-refractivity contribution in [1.82, 2.24) is 0 Å². The van der Waals surface area contributed by atoms with Crippen LogP contribution in [0.5, 0.6) is 11.5 Å². The monoisotopic (exact) mass is 501 g/mol. The molecule has 0 fully saturated rings. The van der Waals surface area contributed by atoms with Crippen LogP contribution in [0.3, 0.4) is 0 Å². The molecule has 0 unspecified atom stereocenters. The van der Waals surface area contributed by atoms with Crippen molar-refractivity contribution in [2.45, 2.75) is 31.5 Å². The lowest BCUT2D eigenvalue weighted by molar-refractivity contribution is -0.274. The normalized spacial score (nSPS) is 16.2. The Labute approximate surface area is 199 Å². The molecule has 1 amide bonds. The highest BCUT2D eigenvalue weighted by atomic mass is 35.5. The third kappa shape index (κ3) is 4.78. The predicted molar refractivity (Wildman–Crippen MR) is 117 cm³/mol. The molecule has 2 aromatic rings. The number of benzene rings is 2. The van der Waals surface area contributed by atoms with E-state index in [1.54, 1.807) is 6.92 Å². The average molecular weight is 502 g/mol. The number of halogens is 4. The van der Waals surface area contributed by atoms with Gasteiger partial charge in [-0.25, -0.2) is 4.79 Å². The number of nitrogens with zero attached hydrogens (tertiary/aromatic N) is 1. The molecule has 1 aliphatic heterocycles. The van der Waals surface area contributed by atoms with E-state index in [-0.39, 0.29) is 41.0 Å². The van der Waals surface area contributed by atoms with E-state index in [2.05, 4.69) is 0 Å². The van der Waals surface area contributed by atoms with Crippen LogP contribution in [0.4, 0.5) is 18.9 Å². The van der Waals surface area contributed by atoms with Crippen molar-refractivity contribution >= 4 is 29.2 Å². The summed E-state index contributed by atoms with van der Waals surface area (Å²) in [5.74, 6) is -2.39. The Bertz CT molecular complexity index is 1090. The molecule has 34 heavy (non-hydrogen) atoms. The van der Waals surface area contributed by atoms with E-state index >= 15 is 0 Å². The standard InChI is InChI=1S/C23H23ClF3NO6/c1-4-32-21(30)12-33-15-6-7-17(24)16(10-15)13(2)22(31,23(25,26)27)14-5-8-19-18(9-14)28(3)20(29)11-34-19/h5-10,13,31H,4,11-12H2,1-3H3/t13-,22-/m0/s1. The minimum atomic E-state index is -5.12. The molecule has 1 aliphatic rings. The minimum absolute atomic E-state index is 0.0350. The number of fused-ring (bicyclic) bond motifs is 1. The summed E-state index contributed by atoms with van der Waals surface area (Å²) in [6.07, 6.45) is -5.12. The van der Waals surface area contributed by atoms with Crippen molar-refractivity contribution in [3.8, 4) is 11.5 Å². The van der Waals surface area contributed by atoms with E-state index in [1.807, 2.05) is 0 Å². The zero-order valence-corrected chi connectivity index (χ0v) is 19.4. The predicted octanol–water partition coefficient (Wildman–Crippen LogP) is 4.19. The van der Waals surface area contributed by atoms with Crippen LogP contribution in [0.2, 0.25) is 5.02 Å². The van der Waals surface area contributed by atoms with Gasteiger partial charge >= 0.3 is 12.1 Å². The number of alkyl halides is 3. The number of hydrogen-bond acceptors (Lipinski definition) is 6. The molecule has 2 atom stereocenters. The maximum atomic E-state index is 14.4. The molecule has 0 aliphatic carbocycles. The fourth-order valence-corrected chi connectivity index (χ4v) is 3.96. The Balaban J connectivity index is 2.03. The lowest BCUT2D eigenvalue weighted by Gasteiger charge is -2.38. The van der Waals surface area contributed by atoms with Gasteiger partial charge in [0.2, 0.25) is 0 Å². The van der Waals surface area contributed by atoms with Gasteiger partial charge in [0.1, 0.15) is 11.5 Å².